The zero-order valence-corrected chi connectivity index (χ0v) is 16.1. The second-order valence-corrected chi connectivity index (χ2v) is 7.42. The Morgan fingerprint density at radius 1 is 1.04 bits per heavy atom. The molecule has 5 nitrogen and oxygen atoms in total. The van der Waals surface area contributed by atoms with Crippen LogP contribution in [0, 0.1) is 0 Å². The van der Waals surface area contributed by atoms with Gasteiger partial charge in [0.05, 0.1) is 5.56 Å². The van der Waals surface area contributed by atoms with E-state index in [1.807, 2.05) is 42.6 Å². The topological polar surface area (TPSA) is 61.9 Å². The Labute approximate surface area is 165 Å². The van der Waals surface area contributed by atoms with Crippen LogP contribution in [0.2, 0.25) is 0 Å². The van der Waals surface area contributed by atoms with Crippen LogP contribution in [0.4, 0.5) is 0 Å². The van der Waals surface area contributed by atoms with Gasteiger partial charge in [0.2, 0.25) is 0 Å². The van der Waals surface area contributed by atoms with E-state index in [0.717, 1.165) is 29.8 Å². The number of aromatic nitrogens is 3. The van der Waals surface area contributed by atoms with Crippen LogP contribution in [0.15, 0.2) is 61.2 Å². The van der Waals surface area contributed by atoms with Crippen LogP contribution in [0.25, 0.3) is 11.4 Å². The van der Waals surface area contributed by atoms with Gasteiger partial charge in [-0.2, -0.15) is 0 Å². The first kappa shape index (κ1) is 18.4. The molecule has 1 aliphatic rings. The number of carbonyl (C=O) groups excluding carboxylic acids is 1. The third kappa shape index (κ3) is 4.14. The standard InChI is InChI=1S/C23H26N4O/c28-23(21-12-6-5-11-20(21)22-25-14-15-26-22)27(17-18-8-7-13-24-16-18)19-9-3-1-2-4-10-19/h5-8,11-16,19H,1-4,9-10,17H2,(H,25,26). The van der Waals surface area contributed by atoms with Crippen LogP contribution in [-0.2, 0) is 6.54 Å². The van der Waals surface area contributed by atoms with Gasteiger partial charge in [-0.05, 0) is 30.5 Å². The van der Waals surface area contributed by atoms with Gasteiger partial charge in [-0.25, -0.2) is 4.98 Å². The summed E-state index contributed by atoms with van der Waals surface area (Å²) in [5.41, 5.74) is 2.61. The minimum absolute atomic E-state index is 0.0720. The summed E-state index contributed by atoms with van der Waals surface area (Å²) >= 11 is 0. The van der Waals surface area contributed by atoms with Crippen molar-refractivity contribution in [3.8, 4) is 11.4 Å². The molecule has 1 aromatic carbocycles. The Morgan fingerprint density at radius 2 is 1.86 bits per heavy atom. The van der Waals surface area contributed by atoms with Crippen LogP contribution in [0.5, 0.6) is 0 Å². The number of nitrogens with one attached hydrogen (secondary N) is 1. The maximum Gasteiger partial charge on any atom is 0.255 e. The predicted molar refractivity (Wildman–Crippen MR) is 110 cm³/mol. The Bertz CT molecular complexity index is 884. The number of rotatable bonds is 5. The molecule has 1 saturated carbocycles. The average molecular weight is 374 g/mol. The largest absolute Gasteiger partial charge is 0.345 e. The second kappa shape index (κ2) is 8.83. The van der Waals surface area contributed by atoms with Crippen molar-refractivity contribution in [3.05, 3.63) is 72.3 Å². The van der Waals surface area contributed by atoms with Gasteiger partial charge in [0.15, 0.2) is 0 Å². The first-order valence-electron chi connectivity index (χ1n) is 10.1. The number of hydrogen-bond donors (Lipinski definition) is 1. The average Bonchev–Trinajstić information content (AvgIpc) is 3.15. The summed E-state index contributed by atoms with van der Waals surface area (Å²) in [7, 11) is 0. The van der Waals surface area contributed by atoms with Crippen molar-refractivity contribution in [2.45, 2.75) is 51.1 Å². The van der Waals surface area contributed by atoms with Crippen molar-refractivity contribution < 1.29 is 4.79 Å². The van der Waals surface area contributed by atoms with Crippen LogP contribution < -0.4 is 0 Å². The zero-order valence-electron chi connectivity index (χ0n) is 16.1. The van der Waals surface area contributed by atoms with E-state index in [-0.39, 0.29) is 11.9 Å². The fourth-order valence-electron chi connectivity index (χ4n) is 4.07. The van der Waals surface area contributed by atoms with Crippen LogP contribution >= 0.6 is 0 Å². The monoisotopic (exact) mass is 374 g/mol. The van der Waals surface area contributed by atoms with E-state index in [4.69, 9.17) is 0 Å². The molecule has 5 heteroatoms. The summed E-state index contributed by atoms with van der Waals surface area (Å²) in [6.07, 6.45) is 14.1. The van der Waals surface area contributed by atoms with Gasteiger partial charge in [-0.15, -0.1) is 0 Å². The molecule has 0 spiro atoms. The summed E-state index contributed by atoms with van der Waals surface area (Å²) in [6, 6.07) is 12.0. The Kier molecular flexibility index (Phi) is 5.80. The normalized spacial score (nSPS) is 15.1. The molecule has 28 heavy (non-hydrogen) atoms. The third-order valence-electron chi connectivity index (χ3n) is 5.51. The molecule has 4 rings (SSSR count). The fourth-order valence-corrected chi connectivity index (χ4v) is 4.07. The van der Waals surface area contributed by atoms with Gasteiger partial charge in [-0.3, -0.25) is 9.78 Å². The lowest BCUT2D eigenvalue weighted by atomic mass is 10.0. The lowest BCUT2D eigenvalue weighted by Crippen LogP contribution is -2.40. The molecule has 2 heterocycles. The molecule has 0 radical (unpaired) electrons. The first-order valence-corrected chi connectivity index (χ1v) is 10.1. The number of hydrogen-bond acceptors (Lipinski definition) is 3. The van der Waals surface area contributed by atoms with E-state index >= 15 is 0 Å². The van der Waals surface area contributed by atoms with Crippen LogP contribution in [0.1, 0.15) is 54.4 Å². The van der Waals surface area contributed by atoms with E-state index in [2.05, 4.69) is 19.9 Å². The van der Waals surface area contributed by atoms with E-state index in [1.54, 1.807) is 18.6 Å². The molecular formula is C23H26N4O. The minimum atomic E-state index is 0.0720. The Balaban J connectivity index is 1.69. The Morgan fingerprint density at radius 3 is 2.57 bits per heavy atom. The molecule has 0 aliphatic heterocycles. The Hall–Kier alpha value is -2.95. The van der Waals surface area contributed by atoms with Gasteiger partial charge in [0.25, 0.3) is 5.91 Å². The molecule has 0 unspecified atom stereocenters. The molecule has 1 aliphatic carbocycles. The zero-order chi connectivity index (χ0) is 19.2. The van der Waals surface area contributed by atoms with E-state index in [1.165, 1.54) is 25.7 Å². The second-order valence-electron chi connectivity index (χ2n) is 7.42. The summed E-state index contributed by atoms with van der Waals surface area (Å²) < 4.78 is 0. The number of benzene rings is 1. The third-order valence-corrected chi connectivity index (χ3v) is 5.51. The molecule has 2 aromatic heterocycles. The molecule has 3 aromatic rings. The smallest absolute Gasteiger partial charge is 0.255 e. The van der Waals surface area contributed by atoms with Crippen molar-refractivity contribution in [1.82, 2.24) is 19.9 Å². The number of nitrogens with zero attached hydrogens (tertiary/aromatic N) is 3. The summed E-state index contributed by atoms with van der Waals surface area (Å²) in [4.78, 5) is 27.5. The molecule has 0 bridgehead atoms. The van der Waals surface area contributed by atoms with Crippen LogP contribution in [0.3, 0.4) is 0 Å². The highest BCUT2D eigenvalue weighted by Gasteiger charge is 2.27. The predicted octanol–water partition coefficient (Wildman–Crippen LogP) is 4.84. The lowest BCUT2D eigenvalue weighted by Gasteiger charge is -2.32. The number of carbonyl (C=O) groups is 1. The maximum absolute atomic E-state index is 13.7. The number of pyridine rings is 1. The van der Waals surface area contributed by atoms with Gasteiger partial charge >= 0.3 is 0 Å². The van der Waals surface area contributed by atoms with Crippen molar-refractivity contribution in [1.29, 1.82) is 0 Å². The summed E-state index contributed by atoms with van der Waals surface area (Å²) in [5, 5.41) is 0. The van der Waals surface area contributed by atoms with E-state index < -0.39 is 0 Å². The van der Waals surface area contributed by atoms with Gasteiger partial charge < -0.3 is 9.88 Å². The van der Waals surface area contributed by atoms with Crippen LogP contribution in [-0.4, -0.2) is 31.8 Å². The quantitative estimate of drug-likeness (QED) is 0.650. The number of imidazole rings is 1. The van der Waals surface area contributed by atoms with Crippen molar-refractivity contribution in [2.75, 3.05) is 0 Å². The lowest BCUT2D eigenvalue weighted by molar-refractivity contribution is 0.0642. The number of aromatic amines is 1. The first-order chi connectivity index (χ1) is 13.8. The van der Waals surface area contributed by atoms with Crippen molar-refractivity contribution >= 4 is 5.91 Å². The van der Waals surface area contributed by atoms with E-state index in [9.17, 15) is 4.79 Å². The number of H-pyrrole nitrogens is 1. The van der Waals surface area contributed by atoms with Crippen molar-refractivity contribution in [3.63, 3.8) is 0 Å². The van der Waals surface area contributed by atoms with Crippen molar-refractivity contribution in [2.24, 2.45) is 0 Å². The molecule has 1 amide bonds. The minimum Gasteiger partial charge on any atom is -0.345 e. The molecule has 0 atom stereocenters. The SMILES string of the molecule is O=C(c1ccccc1-c1ncc[nH]1)N(Cc1cccnc1)C1CCCCCC1. The van der Waals surface area contributed by atoms with Gasteiger partial charge in [0, 0.05) is 42.9 Å². The highest BCUT2D eigenvalue weighted by atomic mass is 16.2. The summed E-state index contributed by atoms with van der Waals surface area (Å²) in [5.74, 6) is 0.800. The maximum atomic E-state index is 13.7. The molecular weight excluding hydrogens is 348 g/mol. The molecule has 144 valence electrons. The highest BCUT2D eigenvalue weighted by molar-refractivity contribution is 6.00. The van der Waals surface area contributed by atoms with Gasteiger partial charge in [-0.1, -0.05) is 49.9 Å². The summed E-state index contributed by atoms with van der Waals surface area (Å²) in [6.45, 7) is 0.587. The van der Waals surface area contributed by atoms with E-state index in [0.29, 0.717) is 12.1 Å². The molecule has 1 N–H and O–H groups in total. The molecule has 0 saturated heterocycles. The fraction of sp³-hybridized carbons (Fsp3) is 0.348. The number of amides is 1. The highest BCUT2D eigenvalue weighted by Crippen LogP contribution is 2.28. The van der Waals surface area contributed by atoms with Gasteiger partial charge in [0.1, 0.15) is 5.82 Å². The molecule has 1 fully saturated rings.